The molecule has 1 saturated carbocycles. The van der Waals surface area contributed by atoms with Crippen LogP contribution in [-0.4, -0.2) is 45.8 Å². The molecule has 0 amide bonds. The first-order chi connectivity index (χ1) is 14.7. The summed E-state index contributed by atoms with van der Waals surface area (Å²) in [6, 6.07) is 10.3. The number of likely N-dealkylation sites (tertiary alicyclic amines) is 1. The van der Waals surface area contributed by atoms with Crippen molar-refractivity contribution in [2.45, 2.75) is 63.6 Å². The maximum atomic E-state index is 12.3. The van der Waals surface area contributed by atoms with Crippen LogP contribution in [0.4, 0.5) is 0 Å². The zero-order chi connectivity index (χ0) is 22.3. The molecule has 31 heavy (non-hydrogen) atoms. The lowest BCUT2D eigenvalue weighted by molar-refractivity contribution is -0.127. The lowest BCUT2D eigenvalue weighted by Crippen LogP contribution is -2.63. The molecule has 164 valence electrons. The van der Waals surface area contributed by atoms with Crippen LogP contribution in [0, 0.1) is 17.3 Å². The number of aromatic nitrogens is 1. The summed E-state index contributed by atoms with van der Waals surface area (Å²) in [5.74, 6) is 6.63. The van der Waals surface area contributed by atoms with E-state index in [1.54, 1.807) is 12.4 Å². The zero-order valence-corrected chi connectivity index (χ0v) is 19.2. The van der Waals surface area contributed by atoms with Crippen molar-refractivity contribution in [2.75, 3.05) is 20.1 Å². The Balaban J connectivity index is 1.75. The lowest BCUT2D eigenvalue weighted by Gasteiger charge is -2.55. The highest BCUT2D eigenvalue weighted by molar-refractivity contribution is 5.45. The van der Waals surface area contributed by atoms with E-state index in [0.717, 1.165) is 55.5 Å². The summed E-state index contributed by atoms with van der Waals surface area (Å²) >= 11 is 0. The van der Waals surface area contributed by atoms with E-state index in [4.69, 9.17) is 0 Å². The van der Waals surface area contributed by atoms with Crippen molar-refractivity contribution in [3.05, 3.63) is 65.0 Å². The molecule has 0 radical (unpaired) electrons. The summed E-state index contributed by atoms with van der Waals surface area (Å²) in [6.45, 7) is 8.08. The van der Waals surface area contributed by atoms with Gasteiger partial charge in [-0.15, -0.1) is 0 Å². The molecule has 2 aliphatic rings. The van der Waals surface area contributed by atoms with Gasteiger partial charge in [-0.2, -0.15) is 0 Å². The average Bonchev–Trinajstić information content (AvgIpc) is 3.17. The molecule has 0 unspecified atom stereocenters. The summed E-state index contributed by atoms with van der Waals surface area (Å²) in [4.78, 5) is 6.65. The van der Waals surface area contributed by atoms with Crippen LogP contribution in [0.5, 0.6) is 0 Å². The van der Waals surface area contributed by atoms with Crippen molar-refractivity contribution in [1.82, 2.24) is 9.88 Å². The van der Waals surface area contributed by atoms with E-state index in [0.29, 0.717) is 5.92 Å². The van der Waals surface area contributed by atoms with E-state index in [2.05, 4.69) is 73.8 Å². The smallest absolute Gasteiger partial charge is 0.125 e. The van der Waals surface area contributed by atoms with E-state index in [-0.39, 0.29) is 5.41 Å². The molecule has 1 aromatic heterocycles. The highest BCUT2D eigenvalue weighted by atomic mass is 16.3. The van der Waals surface area contributed by atoms with Crippen LogP contribution in [0.3, 0.4) is 0 Å². The number of hydrogen-bond donors (Lipinski definition) is 2. The van der Waals surface area contributed by atoms with Gasteiger partial charge in [-0.05, 0) is 55.8 Å². The molecule has 1 aromatic carbocycles. The standard InChI is InChI=1S/C27H34N2O2/c1-20(2)22-7-9-23(10-8-22)27(31,25(3)18-29(4)19-25)24-15-21(16-28-17-24)11-14-26(30)12-5-6-13-26/h7-10,15-17,20,30-31H,5-6,12-13,18-19H2,1-4H3/t27-/m0/s1. The first kappa shape index (κ1) is 22.0. The Hall–Kier alpha value is -2.19. The largest absolute Gasteiger partial charge is 0.380 e. The van der Waals surface area contributed by atoms with E-state index >= 15 is 0 Å². The third-order valence-corrected chi connectivity index (χ3v) is 7.13. The van der Waals surface area contributed by atoms with Gasteiger partial charge < -0.3 is 15.1 Å². The van der Waals surface area contributed by atoms with Crippen LogP contribution >= 0.6 is 0 Å². The summed E-state index contributed by atoms with van der Waals surface area (Å²) in [7, 11) is 2.08. The molecule has 0 bridgehead atoms. The van der Waals surface area contributed by atoms with E-state index in [1.807, 2.05) is 6.07 Å². The second-order valence-electron chi connectivity index (χ2n) is 10.2. The molecule has 0 spiro atoms. The molecule has 2 N–H and O–H groups in total. The van der Waals surface area contributed by atoms with Gasteiger partial charge >= 0.3 is 0 Å². The molecule has 2 fully saturated rings. The van der Waals surface area contributed by atoms with Crippen molar-refractivity contribution < 1.29 is 10.2 Å². The molecule has 2 aromatic rings. The molecule has 1 aliphatic carbocycles. The van der Waals surface area contributed by atoms with Crippen LogP contribution < -0.4 is 0 Å². The molecular weight excluding hydrogens is 384 g/mol. The maximum absolute atomic E-state index is 12.3. The van der Waals surface area contributed by atoms with Crippen LogP contribution in [-0.2, 0) is 5.60 Å². The van der Waals surface area contributed by atoms with Gasteiger partial charge in [0.15, 0.2) is 0 Å². The topological polar surface area (TPSA) is 56.6 Å². The zero-order valence-electron chi connectivity index (χ0n) is 19.2. The Morgan fingerprint density at radius 3 is 2.29 bits per heavy atom. The van der Waals surface area contributed by atoms with Gasteiger partial charge in [0.1, 0.15) is 11.2 Å². The van der Waals surface area contributed by atoms with Gasteiger partial charge in [-0.3, -0.25) is 4.98 Å². The predicted molar refractivity (Wildman–Crippen MR) is 124 cm³/mol. The minimum absolute atomic E-state index is 0.335. The Kier molecular flexibility index (Phi) is 5.72. The maximum Gasteiger partial charge on any atom is 0.125 e. The Bertz CT molecular complexity index is 990. The molecule has 4 rings (SSSR count). The van der Waals surface area contributed by atoms with Crippen LogP contribution in [0.25, 0.3) is 0 Å². The number of aliphatic hydroxyl groups is 2. The average molecular weight is 419 g/mol. The summed E-state index contributed by atoms with van der Waals surface area (Å²) < 4.78 is 0. The van der Waals surface area contributed by atoms with Crippen LogP contribution in [0.15, 0.2) is 42.7 Å². The lowest BCUT2D eigenvalue weighted by atomic mass is 9.62. The van der Waals surface area contributed by atoms with Crippen molar-refractivity contribution in [3.63, 3.8) is 0 Å². The van der Waals surface area contributed by atoms with E-state index < -0.39 is 11.2 Å². The number of hydrogen-bond acceptors (Lipinski definition) is 4. The number of rotatable bonds is 4. The summed E-state index contributed by atoms with van der Waals surface area (Å²) in [6.07, 6.45) is 6.96. The number of pyridine rings is 1. The van der Waals surface area contributed by atoms with Gasteiger partial charge in [0.05, 0.1) is 0 Å². The SMILES string of the molecule is CC(C)c1ccc([C@](O)(c2cncc(C#CC3(O)CCCC3)c2)C2(C)CN(C)C2)cc1. The molecule has 4 heteroatoms. The second kappa shape index (κ2) is 8.06. The minimum Gasteiger partial charge on any atom is -0.380 e. The quantitative estimate of drug-likeness (QED) is 0.736. The van der Waals surface area contributed by atoms with Crippen molar-refractivity contribution in [3.8, 4) is 11.8 Å². The third kappa shape index (κ3) is 4.03. The first-order valence-electron chi connectivity index (χ1n) is 11.4. The number of benzene rings is 1. The normalized spacial score (nSPS) is 21.8. The van der Waals surface area contributed by atoms with Crippen molar-refractivity contribution >= 4 is 0 Å². The molecule has 1 saturated heterocycles. The monoisotopic (exact) mass is 418 g/mol. The fraction of sp³-hybridized carbons (Fsp3) is 0.519. The van der Waals surface area contributed by atoms with E-state index in [1.165, 1.54) is 5.56 Å². The first-order valence-corrected chi connectivity index (χ1v) is 11.4. The fourth-order valence-corrected chi connectivity index (χ4v) is 5.33. The van der Waals surface area contributed by atoms with Gasteiger partial charge in [-0.25, -0.2) is 0 Å². The second-order valence-corrected chi connectivity index (χ2v) is 10.2. The van der Waals surface area contributed by atoms with Crippen molar-refractivity contribution in [1.29, 1.82) is 0 Å². The minimum atomic E-state index is -1.18. The Morgan fingerprint density at radius 2 is 1.71 bits per heavy atom. The van der Waals surface area contributed by atoms with Gasteiger partial charge in [-0.1, -0.05) is 56.9 Å². The summed E-state index contributed by atoms with van der Waals surface area (Å²) in [5.41, 5.74) is 1.22. The molecule has 1 atom stereocenters. The molecule has 1 aliphatic heterocycles. The van der Waals surface area contributed by atoms with Crippen LogP contribution in [0.2, 0.25) is 0 Å². The Labute approximate surface area is 186 Å². The van der Waals surface area contributed by atoms with Crippen molar-refractivity contribution in [2.24, 2.45) is 5.41 Å². The van der Waals surface area contributed by atoms with Crippen LogP contribution in [0.1, 0.15) is 74.6 Å². The van der Waals surface area contributed by atoms with Gasteiger partial charge in [0, 0.05) is 42.0 Å². The third-order valence-electron chi connectivity index (χ3n) is 7.13. The van der Waals surface area contributed by atoms with E-state index in [9.17, 15) is 10.2 Å². The molecular formula is C27H34N2O2. The Morgan fingerprint density at radius 1 is 1.06 bits per heavy atom. The molecule has 4 nitrogen and oxygen atoms in total. The molecule has 2 heterocycles. The number of nitrogens with zero attached hydrogens (tertiary/aromatic N) is 2. The van der Waals surface area contributed by atoms with Gasteiger partial charge in [0.25, 0.3) is 0 Å². The highest BCUT2D eigenvalue weighted by Gasteiger charge is 2.55. The van der Waals surface area contributed by atoms with Gasteiger partial charge in [0.2, 0.25) is 0 Å². The fourth-order valence-electron chi connectivity index (χ4n) is 5.33. The summed E-state index contributed by atoms with van der Waals surface area (Å²) in [5, 5.41) is 22.9. The predicted octanol–water partition coefficient (Wildman–Crippen LogP) is 4.05. The highest BCUT2D eigenvalue weighted by Crippen LogP contribution is 2.50.